The summed E-state index contributed by atoms with van der Waals surface area (Å²) in [5.41, 5.74) is 0. The van der Waals surface area contributed by atoms with Crippen molar-refractivity contribution in [1.82, 2.24) is 0 Å². The zero-order valence-corrected chi connectivity index (χ0v) is 6.42. The van der Waals surface area contributed by atoms with E-state index < -0.39 is 5.97 Å². The Bertz CT molecular complexity index is 190. The van der Waals surface area contributed by atoms with Crippen LogP contribution in [0.3, 0.4) is 0 Å². The largest absolute Gasteiger partial charge is 0.481 e. The predicted octanol–water partition coefficient (Wildman–Crippen LogP) is 1.51. The van der Waals surface area contributed by atoms with Crippen LogP contribution < -0.4 is 0 Å². The molecule has 0 radical (unpaired) electrons. The molecule has 0 aromatic rings. The highest BCUT2D eigenvalue weighted by atomic mass is 16.4. The van der Waals surface area contributed by atoms with E-state index in [1.54, 1.807) is 0 Å². The van der Waals surface area contributed by atoms with E-state index in [-0.39, 0.29) is 11.8 Å². The smallest absolute Gasteiger partial charge is 0.306 e. The van der Waals surface area contributed by atoms with Gasteiger partial charge in [0.1, 0.15) is 0 Å². The normalized spacial score (nSPS) is 30.8. The molecule has 2 heteroatoms. The molecule has 2 atom stereocenters. The van der Waals surface area contributed by atoms with Gasteiger partial charge in [-0.2, -0.15) is 0 Å². The minimum Gasteiger partial charge on any atom is -0.481 e. The molecule has 60 valence electrons. The number of terminal acetylenes is 1. The topological polar surface area (TPSA) is 37.3 Å². The first-order valence-electron chi connectivity index (χ1n) is 3.93. The zero-order chi connectivity index (χ0) is 8.27. The van der Waals surface area contributed by atoms with Crippen LogP contribution in [0.1, 0.15) is 25.7 Å². The van der Waals surface area contributed by atoms with Gasteiger partial charge in [0.2, 0.25) is 0 Å². The van der Waals surface area contributed by atoms with Crippen LogP contribution in [0.15, 0.2) is 0 Å². The third-order valence-corrected chi connectivity index (χ3v) is 2.26. The van der Waals surface area contributed by atoms with Crippen LogP contribution in [0.25, 0.3) is 0 Å². The molecule has 0 aromatic carbocycles. The highest BCUT2D eigenvalue weighted by Crippen LogP contribution is 2.28. The molecule has 2 nitrogen and oxygen atoms in total. The van der Waals surface area contributed by atoms with Gasteiger partial charge in [0.05, 0.1) is 5.92 Å². The molecule has 1 saturated carbocycles. The summed E-state index contributed by atoms with van der Waals surface area (Å²) < 4.78 is 0. The van der Waals surface area contributed by atoms with E-state index in [1.807, 2.05) is 0 Å². The van der Waals surface area contributed by atoms with Crippen molar-refractivity contribution in [2.45, 2.75) is 25.7 Å². The number of rotatable bonds is 1. The number of carboxylic acids is 1. The first-order valence-corrected chi connectivity index (χ1v) is 3.93. The maximum atomic E-state index is 10.5. The van der Waals surface area contributed by atoms with Crippen molar-refractivity contribution < 1.29 is 9.90 Å². The van der Waals surface area contributed by atoms with Crippen LogP contribution in [-0.4, -0.2) is 11.1 Å². The van der Waals surface area contributed by atoms with Crippen LogP contribution in [0.2, 0.25) is 0 Å². The summed E-state index contributed by atoms with van der Waals surface area (Å²) >= 11 is 0. The minimum absolute atomic E-state index is 0.190. The van der Waals surface area contributed by atoms with Crippen LogP contribution in [0.4, 0.5) is 0 Å². The van der Waals surface area contributed by atoms with Crippen molar-refractivity contribution in [2.75, 3.05) is 0 Å². The maximum Gasteiger partial charge on any atom is 0.306 e. The summed E-state index contributed by atoms with van der Waals surface area (Å²) in [6.45, 7) is 0. The fraction of sp³-hybridized carbons (Fsp3) is 0.667. The van der Waals surface area contributed by atoms with E-state index in [4.69, 9.17) is 11.5 Å². The van der Waals surface area contributed by atoms with Crippen molar-refractivity contribution in [1.29, 1.82) is 0 Å². The van der Waals surface area contributed by atoms with Crippen molar-refractivity contribution in [2.24, 2.45) is 11.8 Å². The molecule has 1 fully saturated rings. The van der Waals surface area contributed by atoms with Gasteiger partial charge < -0.3 is 5.11 Å². The standard InChI is InChI=1S/C9H12O2/c1-2-7-4-3-5-8(6-7)9(10)11/h1,7-8H,3-6H2,(H,10,11). The number of aliphatic carboxylic acids is 1. The molecule has 0 amide bonds. The van der Waals surface area contributed by atoms with Gasteiger partial charge in [-0.25, -0.2) is 0 Å². The van der Waals surface area contributed by atoms with Crippen molar-refractivity contribution >= 4 is 5.97 Å². The Kier molecular flexibility index (Phi) is 2.53. The highest BCUT2D eigenvalue weighted by molar-refractivity contribution is 5.70. The van der Waals surface area contributed by atoms with Gasteiger partial charge >= 0.3 is 5.97 Å². The summed E-state index contributed by atoms with van der Waals surface area (Å²) in [6, 6.07) is 0. The predicted molar refractivity (Wildman–Crippen MR) is 41.9 cm³/mol. The third kappa shape index (κ3) is 1.98. The number of hydrogen-bond donors (Lipinski definition) is 1. The molecule has 0 bridgehead atoms. The van der Waals surface area contributed by atoms with Gasteiger partial charge in [-0.05, 0) is 19.3 Å². The Morgan fingerprint density at radius 3 is 2.82 bits per heavy atom. The van der Waals surface area contributed by atoms with Crippen molar-refractivity contribution in [3.05, 3.63) is 0 Å². The zero-order valence-electron chi connectivity index (χ0n) is 6.42. The lowest BCUT2D eigenvalue weighted by Gasteiger charge is -2.22. The lowest BCUT2D eigenvalue weighted by molar-refractivity contribution is -0.143. The highest BCUT2D eigenvalue weighted by Gasteiger charge is 2.25. The van der Waals surface area contributed by atoms with Gasteiger partial charge in [-0.1, -0.05) is 6.42 Å². The summed E-state index contributed by atoms with van der Waals surface area (Å²) in [5.74, 6) is 1.94. The maximum absolute atomic E-state index is 10.5. The molecule has 0 spiro atoms. The fourth-order valence-corrected chi connectivity index (χ4v) is 1.57. The van der Waals surface area contributed by atoms with Crippen molar-refractivity contribution in [3.63, 3.8) is 0 Å². The third-order valence-electron chi connectivity index (χ3n) is 2.26. The second-order valence-corrected chi connectivity index (χ2v) is 3.07. The van der Waals surface area contributed by atoms with E-state index in [0.29, 0.717) is 6.42 Å². The van der Waals surface area contributed by atoms with E-state index in [1.165, 1.54) is 0 Å². The van der Waals surface area contributed by atoms with E-state index in [0.717, 1.165) is 19.3 Å². The molecule has 1 rings (SSSR count). The number of carboxylic acid groups (broad SMARTS) is 1. The molecule has 0 heterocycles. The first-order chi connectivity index (χ1) is 5.24. The van der Waals surface area contributed by atoms with Crippen molar-refractivity contribution in [3.8, 4) is 12.3 Å². The molecule has 0 saturated heterocycles. The molecule has 1 aliphatic rings. The molecule has 0 aromatic heterocycles. The lowest BCUT2D eigenvalue weighted by Crippen LogP contribution is -2.21. The minimum atomic E-state index is -0.690. The summed E-state index contributed by atoms with van der Waals surface area (Å²) in [5, 5.41) is 8.68. The average molecular weight is 152 g/mol. The van der Waals surface area contributed by atoms with Gasteiger partial charge in [0.25, 0.3) is 0 Å². The van der Waals surface area contributed by atoms with Crippen LogP contribution in [0, 0.1) is 24.2 Å². The molecule has 2 unspecified atom stereocenters. The second-order valence-electron chi connectivity index (χ2n) is 3.07. The second kappa shape index (κ2) is 3.43. The Hall–Kier alpha value is -0.970. The molecule has 1 aliphatic carbocycles. The summed E-state index contributed by atoms with van der Waals surface area (Å²) in [7, 11) is 0. The van der Waals surface area contributed by atoms with Crippen LogP contribution in [0.5, 0.6) is 0 Å². The van der Waals surface area contributed by atoms with Gasteiger partial charge in [-0.3, -0.25) is 4.79 Å². The van der Waals surface area contributed by atoms with Gasteiger partial charge in [-0.15, -0.1) is 12.3 Å². The SMILES string of the molecule is C#CC1CCCC(C(=O)O)C1. The monoisotopic (exact) mass is 152 g/mol. The Morgan fingerprint density at radius 1 is 1.55 bits per heavy atom. The molecule has 1 N–H and O–H groups in total. The van der Waals surface area contributed by atoms with Crippen LogP contribution in [-0.2, 0) is 4.79 Å². The van der Waals surface area contributed by atoms with Gasteiger partial charge in [0.15, 0.2) is 0 Å². The Balaban J connectivity index is 2.47. The molecule has 0 aliphatic heterocycles. The number of hydrogen-bond acceptors (Lipinski definition) is 1. The van der Waals surface area contributed by atoms with Gasteiger partial charge in [0, 0.05) is 5.92 Å². The van der Waals surface area contributed by atoms with Crippen LogP contribution >= 0.6 is 0 Å². The molecular weight excluding hydrogens is 140 g/mol. The Labute approximate surface area is 66.6 Å². The summed E-state index contributed by atoms with van der Waals surface area (Å²) in [6.07, 6.45) is 8.66. The van der Waals surface area contributed by atoms with E-state index >= 15 is 0 Å². The van der Waals surface area contributed by atoms with E-state index in [9.17, 15) is 4.79 Å². The first kappa shape index (κ1) is 8.13. The molecule has 11 heavy (non-hydrogen) atoms. The molecular formula is C9H12O2. The quantitative estimate of drug-likeness (QED) is 0.578. The summed E-state index contributed by atoms with van der Waals surface area (Å²) in [4.78, 5) is 10.5. The number of carbonyl (C=O) groups is 1. The average Bonchev–Trinajstić information content (AvgIpc) is 2.05. The Morgan fingerprint density at radius 2 is 2.27 bits per heavy atom. The lowest BCUT2D eigenvalue weighted by atomic mass is 9.82. The van der Waals surface area contributed by atoms with E-state index in [2.05, 4.69) is 5.92 Å². The fourth-order valence-electron chi connectivity index (χ4n) is 1.57.